The van der Waals surface area contributed by atoms with Gasteiger partial charge in [-0.05, 0) is 97.1 Å². The van der Waals surface area contributed by atoms with E-state index in [4.69, 9.17) is 0 Å². The van der Waals surface area contributed by atoms with E-state index in [-0.39, 0.29) is 17.6 Å². The van der Waals surface area contributed by atoms with E-state index in [0.29, 0.717) is 23.6 Å². The van der Waals surface area contributed by atoms with Crippen LogP contribution in [0.1, 0.15) is 68.1 Å². The Morgan fingerprint density at radius 2 is 1.66 bits per heavy atom. The van der Waals surface area contributed by atoms with Gasteiger partial charge in [0.25, 0.3) is 0 Å². The molecule has 0 aromatic heterocycles. The van der Waals surface area contributed by atoms with E-state index >= 15 is 0 Å². The zero-order chi connectivity index (χ0) is 26.5. The molecule has 0 amide bonds. The van der Waals surface area contributed by atoms with Gasteiger partial charge in [0.2, 0.25) is 0 Å². The van der Waals surface area contributed by atoms with Gasteiger partial charge < -0.3 is 4.90 Å². The molecule has 1 saturated carbocycles. The molecule has 0 unspecified atom stereocenters. The summed E-state index contributed by atoms with van der Waals surface area (Å²) in [6, 6.07) is 22.9. The van der Waals surface area contributed by atoms with Crippen LogP contribution in [0.15, 0.2) is 66.7 Å². The highest BCUT2D eigenvalue weighted by atomic mass is 19.2. The first-order chi connectivity index (χ1) is 18.5. The van der Waals surface area contributed by atoms with Crippen LogP contribution in [-0.2, 0) is 16.6 Å². The van der Waals surface area contributed by atoms with Gasteiger partial charge in [0.05, 0.1) is 11.6 Å². The average molecular weight is 513 g/mol. The molecular formula is C33H34F2N2O. The van der Waals surface area contributed by atoms with E-state index in [1.165, 1.54) is 37.3 Å². The fourth-order valence-corrected chi connectivity index (χ4v) is 6.40. The number of ketones is 1. The SMILES string of the molecule is N#Cc1cccc(-c2ccc(C3(CCC(=O)Cc4ccc(F)c(F)c4)CCN(C4CCCC4)CC3)cc2)c1. The van der Waals surface area contributed by atoms with Crippen molar-refractivity contribution in [2.24, 2.45) is 0 Å². The number of nitriles is 1. The molecule has 1 aliphatic heterocycles. The van der Waals surface area contributed by atoms with E-state index < -0.39 is 11.6 Å². The molecule has 5 rings (SSSR count). The largest absolute Gasteiger partial charge is 0.300 e. The Bertz CT molecular complexity index is 1310. The lowest BCUT2D eigenvalue weighted by Crippen LogP contribution is -2.46. The van der Waals surface area contributed by atoms with Gasteiger partial charge in [0, 0.05) is 18.9 Å². The molecule has 38 heavy (non-hydrogen) atoms. The molecule has 3 nitrogen and oxygen atoms in total. The summed E-state index contributed by atoms with van der Waals surface area (Å²) in [7, 11) is 0. The Hall–Kier alpha value is -3.36. The van der Waals surface area contributed by atoms with Gasteiger partial charge in [-0.15, -0.1) is 0 Å². The molecule has 0 N–H and O–H groups in total. The molecule has 0 atom stereocenters. The van der Waals surface area contributed by atoms with Crippen molar-refractivity contribution in [3.05, 3.63) is 95.1 Å². The van der Waals surface area contributed by atoms with Crippen molar-refractivity contribution in [2.75, 3.05) is 13.1 Å². The highest BCUT2D eigenvalue weighted by molar-refractivity contribution is 5.81. The molecule has 1 aliphatic carbocycles. The number of benzene rings is 3. The number of rotatable bonds is 8. The molecule has 0 bridgehead atoms. The molecule has 2 fully saturated rings. The minimum atomic E-state index is -0.911. The lowest BCUT2D eigenvalue weighted by atomic mass is 9.69. The van der Waals surface area contributed by atoms with Crippen LogP contribution in [0.2, 0.25) is 0 Å². The minimum Gasteiger partial charge on any atom is -0.300 e. The molecule has 1 heterocycles. The number of nitrogens with zero attached hydrogens (tertiary/aromatic N) is 2. The van der Waals surface area contributed by atoms with Crippen LogP contribution < -0.4 is 0 Å². The third-order valence-corrected chi connectivity index (χ3v) is 8.69. The Labute approximate surface area is 224 Å². The third kappa shape index (κ3) is 5.87. The number of carbonyl (C=O) groups excluding carboxylic acids is 1. The Morgan fingerprint density at radius 3 is 2.34 bits per heavy atom. The van der Waals surface area contributed by atoms with Gasteiger partial charge in [-0.25, -0.2) is 8.78 Å². The second kappa shape index (κ2) is 11.6. The van der Waals surface area contributed by atoms with E-state index in [9.17, 15) is 18.8 Å². The zero-order valence-corrected chi connectivity index (χ0v) is 21.8. The summed E-state index contributed by atoms with van der Waals surface area (Å²) in [4.78, 5) is 15.6. The molecule has 2 aliphatic rings. The molecule has 3 aromatic rings. The van der Waals surface area contributed by atoms with Gasteiger partial charge >= 0.3 is 0 Å². The molecule has 3 aromatic carbocycles. The van der Waals surface area contributed by atoms with Gasteiger partial charge in [-0.3, -0.25) is 4.79 Å². The van der Waals surface area contributed by atoms with Crippen LogP contribution in [-0.4, -0.2) is 29.8 Å². The van der Waals surface area contributed by atoms with E-state index in [1.807, 2.05) is 24.3 Å². The number of hydrogen-bond acceptors (Lipinski definition) is 3. The van der Waals surface area contributed by atoms with Crippen molar-refractivity contribution in [3.63, 3.8) is 0 Å². The number of piperidine rings is 1. The number of carbonyl (C=O) groups is 1. The summed E-state index contributed by atoms with van der Waals surface area (Å²) in [5.41, 5.74) is 4.40. The number of Topliss-reactive ketones (excluding diaryl/α,β-unsaturated/α-hetero) is 1. The fraction of sp³-hybridized carbons (Fsp3) is 0.394. The molecule has 0 radical (unpaired) electrons. The predicted octanol–water partition coefficient (Wildman–Crippen LogP) is 7.37. The summed E-state index contributed by atoms with van der Waals surface area (Å²) < 4.78 is 26.9. The molecular weight excluding hydrogens is 478 g/mol. The summed E-state index contributed by atoms with van der Waals surface area (Å²) in [5, 5.41) is 9.26. The van der Waals surface area contributed by atoms with Gasteiger partial charge in [0.15, 0.2) is 11.6 Å². The van der Waals surface area contributed by atoms with Crippen LogP contribution >= 0.6 is 0 Å². The van der Waals surface area contributed by atoms with Crippen molar-refractivity contribution < 1.29 is 13.6 Å². The first kappa shape index (κ1) is 26.3. The minimum absolute atomic E-state index is 0.0542. The molecule has 196 valence electrons. The summed E-state index contributed by atoms with van der Waals surface area (Å²) in [5.74, 6) is -1.75. The van der Waals surface area contributed by atoms with Gasteiger partial charge in [0.1, 0.15) is 5.78 Å². The van der Waals surface area contributed by atoms with Crippen molar-refractivity contribution in [1.82, 2.24) is 4.90 Å². The first-order valence-corrected chi connectivity index (χ1v) is 13.8. The first-order valence-electron chi connectivity index (χ1n) is 13.8. The van der Waals surface area contributed by atoms with Crippen LogP contribution in [0.3, 0.4) is 0 Å². The van der Waals surface area contributed by atoms with Gasteiger partial charge in [-0.2, -0.15) is 5.26 Å². The maximum Gasteiger partial charge on any atom is 0.159 e. The topological polar surface area (TPSA) is 44.1 Å². The zero-order valence-electron chi connectivity index (χ0n) is 21.8. The Morgan fingerprint density at radius 1 is 0.921 bits per heavy atom. The number of likely N-dealkylation sites (tertiary alicyclic amines) is 1. The van der Waals surface area contributed by atoms with Crippen molar-refractivity contribution in [3.8, 4) is 17.2 Å². The van der Waals surface area contributed by atoms with Crippen LogP contribution in [0.25, 0.3) is 11.1 Å². The number of halogens is 2. The second-order valence-electron chi connectivity index (χ2n) is 11.0. The lowest BCUT2D eigenvalue weighted by molar-refractivity contribution is -0.118. The molecule has 1 saturated heterocycles. The molecule has 5 heteroatoms. The normalized spacial score (nSPS) is 17.8. The van der Waals surface area contributed by atoms with Crippen LogP contribution in [0.5, 0.6) is 0 Å². The summed E-state index contributed by atoms with van der Waals surface area (Å²) in [6.07, 6.45) is 8.50. The summed E-state index contributed by atoms with van der Waals surface area (Å²) in [6.45, 7) is 2.07. The second-order valence-corrected chi connectivity index (χ2v) is 11.0. The Balaban J connectivity index is 1.33. The van der Waals surface area contributed by atoms with Crippen molar-refractivity contribution in [1.29, 1.82) is 5.26 Å². The lowest BCUT2D eigenvalue weighted by Gasteiger charge is -2.44. The third-order valence-electron chi connectivity index (χ3n) is 8.69. The van der Waals surface area contributed by atoms with Crippen LogP contribution in [0, 0.1) is 23.0 Å². The smallest absolute Gasteiger partial charge is 0.159 e. The van der Waals surface area contributed by atoms with Gasteiger partial charge in [-0.1, -0.05) is 55.3 Å². The Kier molecular flexibility index (Phi) is 8.00. The maximum absolute atomic E-state index is 13.6. The highest BCUT2D eigenvalue weighted by Gasteiger charge is 2.38. The van der Waals surface area contributed by atoms with Crippen molar-refractivity contribution >= 4 is 5.78 Å². The fourth-order valence-electron chi connectivity index (χ4n) is 6.40. The van der Waals surface area contributed by atoms with Crippen LogP contribution in [0.4, 0.5) is 8.78 Å². The van der Waals surface area contributed by atoms with E-state index in [1.54, 1.807) is 0 Å². The average Bonchev–Trinajstić information content (AvgIpc) is 3.50. The quantitative estimate of drug-likeness (QED) is 0.316. The molecule has 0 spiro atoms. The predicted molar refractivity (Wildman–Crippen MR) is 146 cm³/mol. The standard InChI is InChI=1S/C33H34F2N2O/c34-31-13-8-24(22-32(31)35)21-30(38)14-15-33(16-18-37(19-17-33)29-6-1-2-7-29)28-11-9-26(10-12-28)27-5-3-4-25(20-27)23-36/h3-5,8-13,20,22,29H,1-2,6-7,14-19,21H2. The summed E-state index contributed by atoms with van der Waals surface area (Å²) >= 11 is 0. The monoisotopic (exact) mass is 512 g/mol. The van der Waals surface area contributed by atoms with E-state index in [0.717, 1.165) is 55.6 Å². The van der Waals surface area contributed by atoms with E-state index in [2.05, 4.69) is 35.2 Å². The van der Waals surface area contributed by atoms with Crippen molar-refractivity contribution in [2.45, 2.75) is 69.2 Å². The maximum atomic E-state index is 13.6. The number of hydrogen-bond donors (Lipinski definition) is 0. The highest BCUT2D eigenvalue weighted by Crippen LogP contribution is 2.42.